The first kappa shape index (κ1) is 25.8. The van der Waals surface area contributed by atoms with Crippen molar-refractivity contribution in [3.63, 3.8) is 0 Å². The highest BCUT2D eigenvalue weighted by Gasteiger charge is 2.80. The number of ether oxygens (including phenoxy) is 4. The normalized spacial score (nSPS) is 26.0. The molecule has 10 nitrogen and oxygen atoms in total. The predicted octanol–water partition coefficient (Wildman–Crippen LogP) is 3.26. The van der Waals surface area contributed by atoms with Gasteiger partial charge in [-0.2, -0.15) is 4.98 Å². The quantitative estimate of drug-likeness (QED) is 0.291. The zero-order valence-electron chi connectivity index (χ0n) is 21.3. The number of benzene rings is 2. The molecule has 12 heteroatoms. The molecule has 4 aromatic rings. The fourth-order valence-electron chi connectivity index (χ4n) is 4.94. The first-order valence-corrected chi connectivity index (χ1v) is 14.4. The molecule has 6 rings (SSSR count). The van der Waals surface area contributed by atoms with E-state index in [1.807, 2.05) is 60.7 Å². The summed E-state index contributed by atoms with van der Waals surface area (Å²) in [5, 5.41) is 3.67. The van der Waals surface area contributed by atoms with Crippen LogP contribution in [0.25, 0.3) is 5.65 Å². The second kappa shape index (κ2) is 9.94. The molecule has 5 atom stereocenters. The van der Waals surface area contributed by atoms with E-state index in [1.54, 1.807) is 6.92 Å². The number of aromatic nitrogens is 4. The number of nitrogens with zero attached hydrogens (tertiary/aromatic N) is 4. The Hall–Kier alpha value is -3.45. The molecule has 2 aliphatic rings. The lowest BCUT2D eigenvalue weighted by atomic mass is 10.1. The number of halogens is 1. The van der Waals surface area contributed by atoms with Crippen LogP contribution in [-0.4, -0.2) is 64.8 Å². The fourth-order valence-corrected chi connectivity index (χ4v) is 5.42. The molecule has 3 heterocycles. The van der Waals surface area contributed by atoms with Gasteiger partial charge in [-0.3, -0.25) is 0 Å². The van der Waals surface area contributed by atoms with Crippen LogP contribution in [0.15, 0.2) is 72.0 Å². The van der Waals surface area contributed by atoms with Crippen molar-refractivity contribution in [1.29, 1.82) is 0 Å². The number of rotatable bonds is 10. The van der Waals surface area contributed by atoms with Crippen LogP contribution in [0.2, 0.25) is 0 Å². The molecule has 0 N–H and O–H groups in total. The molecule has 2 fully saturated rings. The molecule has 1 saturated heterocycles. The van der Waals surface area contributed by atoms with E-state index in [4.69, 9.17) is 18.9 Å². The minimum absolute atomic E-state index is 0.0168. The van der Waals surface area contributed by atoms with Gasteiger partial charge in [0.25, 0.3) is 11.0 Å². The van der Waals surface area contributed by atoms with Crippen LogP contribution in [0.3, 0.4) is 0 Å². The average molecular weight is 555 g/mol. The lowest BCUT2D eigenvalue weighted by Crippen LogP contribution is -2.35. The summed E-state index contributed by atoms with van der Waals surface area (Å²) in [5.74, 6) is -0.0168. The Morgan fingerprint density at radius 3 is 2.36 bits per heavy atom. The Balaban J connectivity index is 1.32. The molecule has 1 aliphatic heterocycles. The van der Waals surface area contributed by atoms with Gasteiger partial charge < -0.3 is 18.9 Å². The minimum Gasteiger partial charge on any atom is -0.475 e. The van der Waals surface area contributed by atoms with Crippen molar-refractivity contribution < 1.29 is 31.8 Å². The lowest BCUT2D eigenvalue weighted by molar-refractivity contribution is -0.0910. The van der Waals surface area contributed by atoms with Crippen LogP contribution in [-0.2, 0) is 37.3 Å². The summed E-state index contributed by atoms with van der Waals surface area (Å²) in [7, 11) is -3.79. The van der Waals surface area contributed by atoms with Crippen LogP contribution in [0.5, 0.6) is 5.88 Å². The Bertz CT molecular complexity index is 1590. The molecule has 2 aromatic carbocycles. The maximum Gasteiger partial charge on any atom is 0.268 e. The number of hydrogen-bond acceptors (Lipinski definition) is 9. The van der Waals surface area contributed by atoms with Gasteiger partial charge in [0, 0.05) is 6.26 Å². The summed E-state index contributed by atoms with van der Waals surface area (Å²) in [6.07, 6.45) is -1.72. The summed E-state index contributed by atoms with van der Waals surface area (Å²) < 4.78 is 66.2. The summed E-state index contributed by atoms with van der Waals surface area (Å²) in [6.45, 7) is 2.40. The Morgan fingerprint density at radius 1 is 1.05 bits per heavy atom. The highest BCUT2D eigenvalue weighted by atomic mass is 32.2. The summed E-state index contributed by atoms with van der Waals surface area (Å²) in [6, 6.07) is 19.1. The zero-order chi connectivity index (χ0) is 27.2. The van der Waals surface area contributed by atoms with Gasteiger partial charge in [0.15, 0.2) is 11.8 Å². The highest BCUT2D eigenvalue weighted by molar-refractivity contribution is 7.90. The molecule has 0 spiro atoms. The topological polar surface area (TPSA) is 114 Å². The van der Waals surface area contributed by atoms with E-state index in [0.717, 1.165) is 17.4 Å². The SMILES string of the molecule is CCOc1nc(S(C)(=O)=O)nn2c([C@@H]3O[C@@H]4C(OCc5ccccc5)[C@]4(OCc4ccccc4)[C@H]3F)cnc12. The van der Waals surface area contributed by atoms with E-state index >= 15 is 4.39 Å². The molecule has 0 amide bonds. The second-order valence-corrected chi connectivity index (χ2v) is 11.5. The van der Waals surface area contributed by atoms with Crippen LogP contribution < -0.4 is 4.74 Å². The highest BCUT2D eigenvalue weighted by Crippen LogP contribution is 2.60. The third-order valence-electron chi connectivity index (χ3n) is 6.89. The van der Waals surface area contributed by atoms with Crippen molar-refractivity contribution in [2.45, 2.75) is 55.4 Å². The van der Waals surface area contributed by atoms with E-state index in [0.29, 0.717) is 0 Å². The number of alkyl halides is 1. The van der Waals surface area contributed by atoms with Crippen molar-refractivity contribution in [3.8, 4) is 5.88 Å². The first-order chi connectivity index (χ1) is 18.8. The molecule has 204 valence electrons. The maximum absolute atomic E-state index is 16.5. The third kappa shape index (κ3) is 4.56. The van der Waals surface area contributed by atoms with E-state index in [9.17, 15) is 8.42 Å². The van der Waals surface area contributed by atoms with Gasteiger partial charge in [-0.05, 0) is 18.1 Å². The van der Waals surface area contributed by atoms with Crippen molar-refractivity contribution >= 4 is 15.5 Å². The zero-order valence-corrected chi connectivity index (χ0v) is 22.1. The van der Waals surface area contributed by atoms with E-state index in [-0.39, 0.29) is 37.0 Å². The number of fused-ring (bicyclic) bond motifs is 2. The van der Waals surface area contributed by atoms with Crippen LogP contribution >= 0.6 is 0 Å². The minimum atomic E-state index is -3.79. The Labute approximate surface area is 224 Å². The standard InChI is InChI=1S/C27H27FN4O6S/c1-3-35-25-24-29-14-19(32(24)31-26(30-25)39(2,33)34)20-21(28)27(37-16-18-12-8-5-9-13-18)22(23(27)38-20)36-15-17-10-6-4-7-11-17/h4-14,20-23H,3,15-16H2,1-2H3/t20-,21-,22?,23+,27+/m0/s1. The first-order valence-electron chi connectivity index (χ1n) is 12.5. The van der Waals surface area contributed by atoms with Gasteiger partial charge in [0.05, 0.1) is 31.7 Å². The molecular formula is C27H27FN4O6S. The molecule has 0 radical (unpaired) electrons. The van der Waals surface area contributed by atoms with Gasteiger partial charge in [0.2, 0.25) is 15.5 Å². The lowest BCUT2D eigenvalue weighted by Gasteiger charge is -2.24. The molecule has 0 bridgehead atoms. The maximum atomic E-state index is 16.5. The summed E-state index contributed by atoms with van der Waals surface area (Å²) >= 11 is 0. The molecule has 1 saturated carbocycles. The van der Waals surface area contributed by atoms with Gasteiger partial charge in [-0.1, -0.05) is 60.7 Å². The van der Waals surface area contributed by atoms with Crippen molar-refractivity contribution in [1.82, 2.24) is 19.6 Å². The van der Waals surface area contributed by atoms with Crippen LogP contribution in [0.1, 0.15) is 29.8 Å². The molecular weight excluding hydrogens is 527 g/mol. The van der Waals surface area contributed by atoms with Crippen molar-refractivity contribution in [2.24, 2.45) is 0 Å². The van der Waals surface area contributed by atoms with Crippen LogP contribution in [0, 0.1) is 0 Å². The van der Waals surface area contributed by atoms with Crippen LogP contribution in [0.4, 0.5) is 4.39 Å². The van der Waals surface area contributed by atoms with E-state index in [1.165, 1.54) is 10.7 Å². The predicted molar refractivity (Wildman–Crippen MR) is 137 cm³/mol. The van der Waals surface area contributed by atoms with Crippen molar-refractivity contribution in [2.75, 3.05) is 12.9 Å². The van der Waals surface area contributed by atoms with E-state index < -0.39 is 45.1 Å². The summed E-state index contributed by atoms with van der Waals surface area (Å²) in [4.78, 5) is 8.29. The smallest absolute Gasteiger partial charge is 0.268 e. The molecule has 39 heavy (non-hydrogen) atoms. The number of imidazole rings is 1. The average Bonchev–Trinajstić information content (AvgIpc) is 3.17. The van der Waals surface area contributed by atoms with Gasteiger partial charge in [-0.25, -0.2) is 22.3 Å². The van der Waals surface area contributed by atoms with Crippen molar-refractivity contribution in [3.05, 3.63) is 83.7 Å². The van der Waals surface area contributed by atoms with Gasteiger partial charge in [-0.15, -0.1) is 5.10 Å². The van der Waals surface area contributed by atoms with Gasteiger partial charge in [0.1, 0.15) is 18.3 Å². The largest absolute Gasteiger partial charge is 0.475 e. The monoisotopic (exact) mass is 554 g/mol. The third-order valence-corrected chi connectivity index (χ3v) is 7.73. The Kier molecular flexibility index (Phi) is 6.58. The van der Waals surface area contributed by atoms with E-state index in [2.05, 4.69) is 15.1 Å². The Morgan fingerprint density at radius 2 is 1.72 bits per heavy atom. The number of sulfone groups is 1. The second-order valence-electron chi connectivity index (χ2n) is 9.55. The molecule has 1 unspecified atom stereocenters. The summed E-state index contributed by atoms with van der Waals surface area (Å²) in [5.41, 5.74) is 0.864. The number of hydrogen-bond donors (Lipinski definition) is 0. The fraction of sp³-hybridized carbons (Fsp3) is 0.370. The van der Waals surface area contributed by atoms with Gasteiger partial charge >= 0.3 is 0 Å². The molecule has 2 aromatic heterocycles. The molecule has 1 aliphatic carbocycles.